The molecule has 15 heavy (non-hydrogen) atoms. The number of allylic oxidation sites excluding steroid dienone is 2. The summed E-state index contributed by atoms with van der Waals surface area (Å²) in [6.07, 6.45) is 9.21. The Labute approximate surface area is 87.5 Å². The van der Waals surface area contributed by atoms with Gasteiger partial charge in [-0.15, -0.1) is 0 Å². The first-order chi connectivity index (χ1) is 7.36. The number of aliphatic hydroxyl groups is 1. The number of nitrogens with one attached hydrogen (secondary N) is 1. The Bertz CT molecular complexity index is 500. The van der Waals surface area contributed by atoms with Gasteiger partial charge in [-0.05, 0) is 23.9 Å². The lowest BCUT2D eigenvalue weighted by Gasteiger charge is -2.27. The first-order valence-corrected chi connectivity index (χ1v) is 4.85. The molecule has 0 bridgehead atoms. The van der Waals surface area contributed by atoms with Gasteiger partial charge in [0.1, 0.15) is 11.8 Å². The van der Waals surface area contributed by atoms with Crippen LogP contribution in [0.5, 0.6) is 0 Å². The van der Waals surface area contributed by atoms with Gasteiger partial charge in [0.15, 0.2) is 0 Å². The number of hydrogen-bond donors (Lipinski definition) is 2. The smallest absolute Gasteiger partial charge is 0.121 e. The molecule has 1 atom stereocenters. The summed E-state index contributed by atoms with van der Waals surface area (Å²) in [6, 6.07) is 3.81. The summed E-state index contributed by atoms with van der Waals surface area (Å²) in [6.45, 7) is 0. The Morgan fingerprint density at radius 3 is 3.27 bits per heavy atom. The number of hydrogen-bond acceptors (Lipinski definition) is 3. The van der Waals surface area contributed by atoms with E-state index in [9.17, 15) is 5.11 Å². The van der Waals surface area contributed by atoms with Crippen LogP contribution in [0.15, 0.2) is 42.4 Å². The maximum absolute atomic E-state index is 9.84. The molecule has 0 aromatic carbocycles. The maximum Gasteiger partial charge on any atom is 0.121 e. The Morgan fingerprint density at radius 1 is 1.40 bits per heavy atom. The molecule has 0 fully saturated rings. The summed E-state index contributed by atoms with van der Waals surface area (Å²) < 4.78 is 0. The monoisotopic (exact) mass is 198 g/mol. The quantitative estimate of drug-likeness (QED) is 0.668. The number of pyridine rings is 1. The Balaban J connectivity index is 2.25. The van der Waals surface area contributed by atoms with Crippen LogP contribution < -0.4 is 5.32 Å². The summed E-state index contributed by atoms with van der Waals surface area (Å²) in [5, 5.41) is 13.0. The molecule has 1 aromatic heterocycles. The van der Waals surface area contributed by atoms with Gasteiger partial charge in [-0.3, -0.25) is 4.98 Å². The average molecular weight is 198 g/mol. The van der Waals surface area contributed by atoms with Crippen molar-refractivity contribution < 1.29 is 5.11 Å². The molecule has 3 heteroatoms. The van der Waals surface area contributed by atoms with E-state index in [4.69, 9.17) is 0 Å². The van der Waals surface area contributed by atoms with Crippen molar-refractivity contribution in [3.8, 4) is 0 Å². The third-order valence-corrected chi connectivity index (χ3v) is 2.68. The number of nitrogens with zero attached hydrogens (tertiary/aromatic N) is 1. The van der Waals surface area contributed by atoms with E-state index in [1.165, 1.54) is 0 Å². The van der Waals surface area contributed by atoms with Crippen LogP contribution in [0.4, 0.5) is 0 Å². The van der Waals surface area contributed by atoms with Gasteiger partial charge in [-0.25, -0.2) is 0 Å². The van der Waals surface area contributed by atoms with Crippen LogP contribution in [0, 0.1) is 0 Å². The SMILES string of the molecule is OC1=Cc2ncccc2C2=CC=CNC12. The van der Waals surface area contributed by atoms with Crippen molar-refractivity contribution in [1.82, 2.24) is 10.3 Å². The fourth-order valence-electron chi connectivity index (χ4n) is 1.98. The summed E-state index contributed by atoms with van der Waals surface area (Å²) >= 11 is 0. The van der Waals surface area contributed by atoms with Gasteiger partial charge in [-0.2, -0.15) is 0 Å². The largest absolute Gasteiger partial charge is 0.510 e. The van der Waals surface area contributed by atoms with Crippen molar-refractivity contribution in [2.45, 2.75) is 6.04 Å². The summed E-state index contributed by atoms with van der Waals surface area (Å²) in [5.74, 6) is 0.316. The van der Waals surface area contributed by atoms with Gasteiger partial charge in [0.05, 0.1) is 5.69 Å². The van der Waals surface area contributed by atoms with Crippen LogP contribution in [0.1, 0.15) is 11.3 Å². The highest BCUT2D eigenvalue weighted by atomic mass is 16.3. The predicted octanol–water partition coefficient (Wildman–Crippen LogP) is 1.86. The van der Waals surface area contributed by atoms with Crippen LogP contribution >= 0.6 is 0 Å². The molecule has 3 rings (SSSR count). The van der Waals surface area contributed by atoms with Crippen LogP contribution in [-0.2, 0) is 0 Å². The summed E-state index contributed by atoms with van der Waals surface area (Å²) in [5.41, 5.74) is 2.98. The minimum Gasteiger partial charge on any atom is -0.510 e. The minimum absolute atomic E-state index is 0.119. The highest BCUT2D eigenvalue weighted by Gasteiger charge is 2.26. The number of dihydropyridines is 1. The highest BCUT2D eigenvalue weighted by molar-refractivity contribution is 5.84. The number of rotatable bonds is 0. The molecular weight excluding hydrogens is 188 g/mol. The zero-order valence-electron chi connectivity index (χ0n) is 8.01. The van der Waals surface area contributed by atoms with E-state index in [0.717, 1.165) is 16.8 Å². The third-order valence-electron chi connectivity index (χ3n) is 2.68. The topological polar surface area (TPSA) is 45.2 Å². The first-order valence-electron chi connectivity index (χ1n) is 4.85. The van der Waals surface area contributed by atoms with Crippen molar-refractivity contribution in [3.63, 3.8) is 0 Å². The van der Waals surface area contributed by atoms with Gasteiger partial charge < -0.3 is 10.4 Å². The van der Waals surface area contributed by atoms with Crippen LogP contribution in [0.2, 0.25) is 0 Å². The second-order valence-electron chi connectivity index (χ2n) is 3.59. The predicted molar refractivity (Wildman–Crippen MR) is 58.9 cm³/mol. The third kappa shape index (κ3) is 1.16. The number of aliphatic hydroxyl groups excluding tert-OH is 1. The Morgan fingerprint density at radius 2 is 2.33 bits per heavy atom. The molecule has 0 amide bonds. The molecular formula is C12H10N2O. The summed E-state index contributed by atoms with van der Waals surface area (Å²) in [7, 11) is 0. The standard InChI is InChI=1S/C12H10N2O/c15-11-7-10-8(3-1-5-13-10)9-4-2-6-14-12(9)11/h1-7,12,14-15H. The van der Waals surface area contributed by atoms with Gasteiger partial charge in [0, 0.05) is 17.8 Å². The molecule has 1 aromatic rings. The maximum atomic E-state index is 9.84. The molecule has 74 valence electrons. The molecule has 2 aliphatic rings. The normalized spacial score (nSPS) is 22.0. The van der Waals surface area contributed by atoms with Gasteiger partial charge in [0.25, 0.3) is 0 Å². The zero-order valence-corrected chi connectivity index (χ0v) is 8.01. The van der Waals surface area contributed by atoms with Crippen LogP contribution in [0.3, 0.4) is 0 Å². The second-order valence-corrected chi connectivity index (χ2v) is 3.59. The lowest BCUT2D eigenvalue weighted by atomic mass is 9.89. The van der Waals surface area contributed by atoms with E-state index >= 15 is 0 Å². The molecule has 3 nitrogen and oxygen atoms in total. The lowest BCUT2D eigenvalue weighted by Crippen LogP contribution is -2.32. The molecule has 1 aliphatic carbocycles. The second kappa shape index (κ2) is 2.98. The number of aromatic nitrogens is 1. The molecule has 2 heterocycles. The first kappa shape index (κ1) is 8.29. The van der Waals surface area contributed by atoms with Crippen LogP contribution in [-0.4, -0.2) is 16.1 Å². The van der Waals surface area contributed by atoms with Gasteiger partial charge in [0.2, 0.25) is 0 Å². The summed E-state index contributed by atoms with van der Waals surface area (Å²) in [4.78, 5) is 4.23. The van der Waals surface area contributed by atoms with E-state index in [1.54, 1.807) is 12.3 Å². The van der Waals surface area contributed by atoms with Crippen LogP contribution in [0.25, 0.3) is 11.6 Å². The van der Waals surface area contributed by atoms with E-state index in [-0.39, 0.29) is 6.04 Å². The van der Waals surface area contributed by atoms with Crippen molar-refractivity contribution >= 4 is 11.6 Å². The molecule has 1 aliphatic heterocycles. The van der Waals surface area contributed by atoms with Crippen molar-refractivity contribution in [3.05, 3.63) is 53.7 Å². The van der Waals surface area contributed by atoms with Crippen molar-refractivity contribution in [1.29, 1.82) is 0 Å². The van der Waals surface area contributed by atoms with E-state index in [0.29, 0.717) is 5.76 Å². The fraction of sp³-hybridized carbons (Fsp3) is 0.0833. The average Bonchev–Trinajstić information content (AvgIpc) is 2.30. The van der Waals surface area contributed by atoms with Gasteiger partial charge >= 0.3 is 0 Å². The lowest BCUT2D eigenvalue weighted by molar-refractivity contribution is 0.379. The molecule has 0 saturated carbocycles. The molecule has 1 unspecified atom stereocenters. The Kier molecular flexibility index (Phi) is 1.65. The van der Waals surface area contributed by atoms with E-state index < -0.39 is 0 Å². The molecule has 0 saturated heterocycles. The van der Waals surface area contributed by atoms with E-state index in [1.807, 2.05) is 30.5 Å². The molecule has 0 spiro atoms. The van der Waals surface area contributed by atoms with E-state index in [2.05, 4.69) is 10.3 Å². The zero-order chi connectivity index (χ0) is 10.3. The van der Waals surface area contributed by atoms with Crippen molar-refractivity contribution in [2.24, 2.45) is 0 Å². The number of fused-ring (bicyclic) bond motifs is 3. The minimum atomic E-state index is -0.119. The highest BCUT2D eigenvalue weighted by Crippen LogP contribution is 2.32. The fourth-order valence-corrected chi connectivity index (χ4v) is 1.98. The molecule has 0 radical (unpaired) electrons. The van der Waals surface area contributed by atoms with Crippen molar-refractivity contribution in [2.75, 3.05) is 0 Å². The Hall–Kier alpha value is -2.03. The van der Waals surface area contributed by atoms with Gasteiger partial charge in [-0.1, -0.05) is 12.1 Å². The molecule has 2 N–H and O–H groups in total.